The first-order valence-corrected chi connectivity index (χ1v) is 32.7. The molecular formula is C71H75B2I2N12O6. The molecule has 11 rings (SSSR count). The molecule has 4 aromatic heterocycles. The normalized spacial score (nSPS) is 11.0. The van der Waals surface area contributed by atoms with E-state index in [0.29, 0.717) is 18.2 Å². The number of tetrazole rings is 2. The van der Waals surface area contributed by atoms with Crippen molar-refractivity contribution in [2.24, 2.45) is 0 Å². The number of aliphatic hydroxyl groups is 2. The monoisotopic (exact) mass is 1470 g/mol. The molecule has 0 atom stereocenters. The van der Waals surface area contributed by atoms with Gasteiger partial charge in [0, 0.05) is 48.4 Å². The van der Waals surface area contributed by atoms with Gasteiger partial charge < -0.3 is 19.3 Å². The summed E-state index contributed by atoms with van der Waals surface area (Å²) in [4.78, 5) is 42.3. The molecule has 93 heavy (non-hydrogen) atoms. The lowest BCUT2D eigenvalue weighted by atomic mass is 9.77. The van der Waals surface area contributed by atoms with Crippen LogP contribution in [0.1, 0.15) is 130 Å². The second-order valence-electron chi connectivity index (χ2n) is 22.3. The zero-order chi connectivity index (χ0) is 68.3. The highest BCUT2D eigenvalue weighted by molar-refractivity contribution is 14.1. The second kappa shape index (κ2) is 36.0. The summed E-state index contributed by atoms with van der Waals surface area (Å²) in [7, 11) is 0. The number of imidazole rings is 2. The molecule has 0 saturated carbocycles. The molecule has 0 fully saturated rings. The molecular weight excluding hydrogens is 1390 g/mol. The van der Waals surface area contributed by atoms with Gasteiger partial charge in [-0.15, -0.1) is 15.3 Å². The SMILES string of the molecule is CCCc1nc(C(C)(C)O)c(CC)n1Cc1ccc(-c2ccccc2-c2nn[nH]n2)cc1.CCCc1nc(C(C)(C)O)c(CC)n1Cc1ccc(-c2ccccc2-c2nnnn2C(c2ccccc2)(c2ccccc2)c2ccccc2)cc1.O=C=O.O=C=O.[3H][B]I.[B]I. The summed E-state index contributed by atoms with van der Waals surface area (Å²) in [6.45, 7) is 17.3. The predicted molar refractivity (Wildman–Crippen MR) is 379 cm³/mol. The minimum Gasteiger partial charge on any atom is -0.384 e. The molecule has 0 bridgehead atoms. The zero-order valence-corrected chi connectivity index (χ0v) is 57.7. The van der Waals surface area contributed by atoms with Gasteiger partial charge in [0.2, 0.25) is 5.82 Å². The van der Waals surface area contributed by atoms with Crippen molar-refractivity contribution in [2.45, 2.75) is 124 Å². The number of rotatable bonds is 20. The highest BCUT2D eigenvalue weighted by Crippen LogP contribution is 2.44. The van der Waals surface area contributed by atoms with E-state index in [4.69, 9.17) is 40.8 Å². The van der Waals surface area contributed by atoms with Crippen LogP contribution in [0.25, 0.3) is 45.0 Å². The molecule has 0 saturated heterocycles. The van der Waals surface area contributed by atoms with E-state index in [1.165, 1.54) is 16.8 Å². The van der Waals surface area contributed by atoms with Crippen molar-refractivity contribution < 1.29 is 29.4 Å². The van der Waals surface area contributed by atoms with E-state index in [1.54, 1.807) is 22.4 Å². The Morgan fingerprint density at radius 1 is 0.538 bits per heavy atom. The molecule has 0 aliphatic carbocycles. The van der Waals surface area contributed by atoms with Crippen LogP contribution in [0.3, 0.4) is 0 Å². The minimum atomic E-state index is -0.999. The summed E-state index contributed by atoms with van der Waals surface area (Å²) >= 11 is 3.48. The molecule has 4 heterocycles. The van der Waals surface area contributed by atoms with Crippen LogP contribution >= 0.6 is 44.7 Å². The molecule has 22 heteroatoms. The Bertz CT molecular complexity index is 4030. The summed E-state index contributed by atoms with van der Waals surface area (Å²) in [5.41, 5.74) is 18.3. The third-order valence-electron chi connectivity index (χ3n) is 15.3. The number of aromatic nitrogens is 12. The largest absolute Gasteiger partial charge is 0.384 e. The van der Waals surface area contributed by atoms with Crippen LogP contribution in [0.5, 0.6) is 0 Å². The van der Waals surface area contributed by atoms with E-state index in [9.17, 15) is 10.2 Å². The molecule has 0 unspecified atom stereocenters. The van der Waals surface area contributed by atoms with Crippen LogP contribution in [0.4, 0.5) is 0 Å². The zero-order valence-electron chi connectivity index (χ0n) is 54.4. The minimum absolute atomic E-state index is 0.250. The van der Waals surface area contributed by atoms with Gasteiger partial charge in [-0.05, 0) is 120 Å². The lowest BCUT2D eigenvalue weighted by Crippen LogP contribution is -2.39. The number of hydrogen-bond donors (Lipinski definition) is 3. The Morgan fingerprint density at radius 2 is 0.892 bits per heavy atom. The van der Waals surface area contributed by atoms with Crippen molar-refractivity contribution in [2.75, 3.05) is 0 Å². The van der Waals surface area contributed by atoms with Gasteiger partial charge in [0.1, 0.15) is 28.4 Å². The number of aromatic amines is 1. The lowest BCUT2D eigenvalue weighted by Gasteiger charge is -2.36. The fourth-order valence-electron chi connectivity index (χ4n) is 11.5. The number of H-pyrrole nitrogens is 1. The number of nitrogens with zero attached hydrogens (tertiary/aromatic N) is 11. The van der Waals surface area contributed by atoms with E-state index >= 15 is 0 Å². The molecule has 11 aromatic rings. The molecule has 475 valence electrons. The fourth-order valence-corrected chi connectivity index (χ4v) is 11.5. The molecule has 0 aliphatic rings. The first-order valence-electron chi connectivity index (χ1n) is 30.8. The third-order valence-corrected chi connectivity index (χ3v) is 15.3. The van der Waals surface area contributed by atoms with Crippen molar-refractivity contribution in [3.05, 3.63) is 250 Å². The van der Waals surface area contributed by atoms with E-state index < -0.39 is 16.7 Å². The van der Waals surface area contributed by atoms with Crippen LogP contribution in [0, 0.1) is 0 Å². The van der Waals surface area contributed by atoms with Gasteiger partial charge in [0.25, 0.3) is 0 Å². The van der Waals surface area contributed by atoms with Crippen molar-refractivity contribution in [1.82, 2.24) is 59.9 Å². The fraction of sp³-hybridized carbons (Fsp3) is 0.268. The second-order valence-corrected chi connectivity index (χ2v) is 22.3. The number of aryl methyl sites for hydroxylation is 2. The molecule has 7 aromatic carbocycles. The summed E-state index contributed by atoms with van der Waals surface area (Å²) in [6.07, 6.45) is 5.87. The van der Waals surface area contributed by atoms with Crippen LogP contribution in [0.15, 0.2) is 188 Å². The van der Waals surface area contributed by atoms with E-state index in [1.807, 2.05) is 97.2 Å². The first kappa shape index (κ1) is 71.8. The number of hydrogen-bond acceptors (Lipinski definition) is 14. The maximum absolute atomic E-state index is 10.9. The Hall–Kier alpha value is -8.63. The Balaban J connectivity index is 0.000000278. The lowest BCUT2D eigenvalue weighted by molar-refractivity contribution is -0.193. The molecule has 18 nitrogen and oxygen atoms in total. The van der Waals surface area contributed by atoms with Crippen molar-refractivity contribution in [3.63, 3.8) is 0 Å². The summed E-state index contributed by atoms with van der Waals surface area (Å²) < 4.78 is 12.6. The predicted octanol–water partition coefficient (Wildman–Crippen LogP) is 12.9. The van der Waals surface area contributed by atoms with Gasteiger partial charge >= 0.3 is 12.3 Å². The first-order chi connectivity index (χ1) is 45.5. The number of benzene rings is 7. The smallest absolute Gasteiger partial charge is 0.373 e. The maximum atomic E-state index is 10.9. The highest BCUT2D eigenvalue weighted by Gasteiger charge is 2.42. The molecule has 0 amide bonds. The maximum Gasteiger partial charge on any atom is 0.373 e. The van der Waals surface area contributed by atoms with Crippen molar-refractivity contribution in [3.8, 4) is 45.0 Å². The van der Waals surface area contributed by atoms with Gasteiger partial charge in [0.15, 0.2) is 17.2 Å². The average molecular weight is 1470 g/mol. The van der Waals surface area contributed by atoms with Crippen molar-refractivity contribution >= 4 is 68.4 Å². The Labute approximate surface area is 574 Å². The van der Waals surface area contributed by atoms with Gasteiger partial charge in [-0.2, -0.15) is 69.1 Å². The van der Waals surface area contributed by atoms with Gasteiger partial charge in [0.05, 0.1) is 11.4 Å². The molecule has 0 aliphatic heterocycles. The van der Waals surface area contributed by atoms with Gasteiger partial charge in [-0.25, -0.2) is 14.6 Å². The summed E-state index contributed by atoms with van der Waals surface area (Å²) in [5.74, 6) is 3.30. The summed E-state index contributed by atoms with van der Waals surface area (Å²) in [5, 5.41) is 49.9. The number of carbonyl (C=O) groups excluding carboxylic acids is 4. The van der Waals surface area contributed by atoms with Crippen molar-refractivity contribution in [1.29, 1.82) is 1.34 Å². The van der Waals surface area contributed by atoms with E-state index in [2.05, 4.69) is 214 Å². The van der Waals surface area contributed by atoms with Crippen LogP contribution in [-0.4, -0.2) is 95.2 Å². The van der Waals surface area contributed by atoms with Gasteiger partial charge in [-0.1, -0.05) is 216 Å². The van der Waals surface area contributed by atoms with Crippen LogP contribution in [0.2, 0.25) is 0 Å². The van der Waals surface area contributed by atoms with Gasteiger partial charge in [-0.3, -0.25) is 0 Å². The summed E-state index contributed by atoms with van der Waals surface area (Å²) in [6, 6.07) is 65.2. The molecule has 0 spiro atoms. The van der Waals surface area contributed by atoms with E-state index in [0.717, 1.165) is 130 Å². The van der Waals surface area contributed by atoms with Crippen LogP contribution in [-0.2, 0) is 74.7 Å². The molecule has 3 radical (unpaired) electrons. The van der Waals surface area contributed by atoms with E-state index in [-0.39, 0.29) is 12.3 Å². The number of halogens is 2. The Kier molecular flexibility index (Phi) is 27.8. The highest BCUT2D eigenvalue weighted by atomic mass is 127. The molecule has 3 N–H and O–H groups in total. The topological polar surface area (TPSA) is 242 Å². The quantitative estimate of drug-likeness (QED) is 0.0365. The average Bonchev–Trinajstić information content (AvgIpc) is 0.753. The Morgan fingerprint density at radius 3 is 1.24 bits per heavy atom. The number of nitrogens with one attached hydrogen (secondary N) is 1. The van der Waals surface area contributed by atoms with Crippen LogP contribution < -0.4 is 0 Å². The third kappa shape index (κ3) is 17.7. The standard InChI is InChI=1S/C44H44N6O.C25H30N6O.2CO2.BHI.BI/c1-5-18-40-45-41(43(3,4)51)39(6-2)49(40)31-32-27-29-33(30-28-32)37-25-16-17-26-38(37)42-46-47-48-50(42)44(34-19-10-7-11-20-34,35-21-12-8-13-22-35)36-23-14-9-15-24-36;1-5-9-22-26-23(25(3,4)32)21(6-2)31(22)16-17-12-14-18(15-13-17)19-10-7-8-11-20(19)24-27-29-30-28-24;2*2-1-3;2*1-2/h7-17,19-30,51H,5-6,18,31H2,1-4H3;7-8,10-15,32H,5-6,9,16H2,1-4H3,(H,27,28,29,30);;;1H;/i;;;;1T;.